The highest BCUT2D eigenvalue weighted by Gasteiger charge is 2.07. The summed E-state index contributed by atoms with van der Waals surface area (Å²) in [5, 5.41) is 1.78. The quantitative estimate of drug-likeness (QED) is 0.702. The van der Waals surface area contributed by atoms with Crippen molar-refractivity contribution < 1.29 is 0 Å². The molecule has 0 unspecified atom stereocenters. The van der Waals surface area contributed by atoms with E-state index < -0.39 is 0 Å². The first-order valence-corrected chi connectivity index (χ1v) is 6.04. The highest BCUT2D eigenvalue weighted by molar-refractivity contribution is 9.10. The summed E-state index contributed by atoms with van der Waals surface area (Å²) in [5.74, 6) is 0. The van der Waals surface area contributed by atoms with E-state index in [1.165, 1.54) is 10.9 Å². The largest absolute Gasteiger partial charge is 0.235 e. The van der Waals surface area contributed by atoms with E-state index in [2.05, 4.69) is 46.9 Å². The van der Waals surface area contributed by atoms with Crippen LogP contribution in [0.15, 0.2) is 22.7 Å². The maximum atomic E-state index is 6.10. The number of benzene rings is 1. The van der Waals surface area contributed by atoms with Gasteiger partial charge in [0, 0.05) is 9.86 Å². The highest BCUT2D eigenvalue weighted by Crippen LogP contribution is 2.28. The predicted molar refractivity (Wildman–Crippen MR) is 68.6 cm³/mol. The zero-order chi connectivity index (χ0) is 11.0. The average molecular weight is 285 g/mol. The van der Waals surface area contributed by atoms with Crippen LogP contribution >= 0.6 is 27.5 Å². The molecule has 0 saturated carbocycles. The van der Waals surface area contributed by atoms with Gasteiger partial charge in [0.15, 0.2) is 0 Å². The van der Waals surface area contributed by atoms with Crippen molar-refractivity contribution in [1.82, 2.24) is 4.98 Å². The van der Waals surface area contributed by atoms with Crippen molar-refractivity contribution in [2.75, 3.05) is 0 Å². The van der Waals surface area contributed by atoms with Crippen LogP contribution in [0.4, 0.5) is 0 Å². The van der Waals surface area contributed by atoms with Gasteiger partial charge in [0.2, 0.25) is 0 Å². The molecule has 1 aromatic heterocycles. The molecule has 0 aliphatic carbocycles. The summed E-state index contributed by atoms with van der Waals surface area (Å²) in [6, 6.07) is 6.22. The average Bonchev–Trinajstić information content (AvgIpc) is 2.23. The van der Waals surface area contributed by atoms with Gasteiger partial charge < -0.3 is 0 Å². The summed E-state index contributed by atoms with van der Waals surface area (Å²) in [6.45, 7) is 4.17. The number of nitrogens with zero attached hydrogens (tertiary/aromatic N) is 1. The first-order chi connectivity index (χ1) is 7.13. The van der Waals surface area contributed by atoms with Crippen LogP contribution in [0, 0.1) is 6.92 Å². The summed E-state index contributed by atoms with van der Waals surface area (Å²) in [7, 11) is 0. The van der Waals surface area contributed by atoms with Gasteiger partial charge in [0.05, 0.1) is 5.52 Å². The minimum absolute atomic E-state index is 0.608. The van der Waals surface area contributed by atoms with E-state index in [9.17, 15) is 0 Å². The zero-order valence-electron chi connectivity index (χ0n) is 8.64. The van der Waals surface area contributed by atoms with Gasteiger partial charge in [0.1, 0.15) is 5.15 Å². The molecule has 1 aromatic carbocycles. The number of aromatic nitrogens is 1. The Hall–Kier alpha value is -0.600. The van der Waals surface area contributed by atoms with Crippen LogP contribution in [0.1, 0.15) is 18.1 Å². The Labute approximate surface area is 103 Å². The van der Waals surface area contributed by atoms with E-state index in [-0.39, 0.29) is 0 Å². The van der Waals surface area contributed by atoms with Crippen LogP contribution in [0.25, 0.3) is 10.9 Å². The van der Waals surface area contributed by atoms with Crippen molar-refractivity contribution in [2.45, 2.75) is 20.3 Å². The molecular formula is C12H11BrClN. The van der Waals surface area contributed by atoms with Crippen LogP contribution in [-0.2, 0) is 6.42 Å². The number of hydrogen-bond donors (Lipinski definition) is 0. The lowest BCUT2D eigenvalue weighted by molar-refractivity contribution is 1.12. The lowest BCUT2D eigenvalue weighted by Gasteiger charge is -2.07. The molecule has 0 amide bonds. The molecule has 0 aliphatic rings. The molecule has 0 spiro atoms. The minimum atomic E-state index is 0.608. The third kappa shape index (κ3) is 1.88. The smallest absolute Gasteiger partial charge is 0.133 e. The first kappa shape index (κ1) is 10.9. The lowest BCUT2D eigenvalue weighted by atomic mass is 10.1. The van der Waals surface area contributed by atoms with Gasteiger partial charge in [-0.3, -0.25) is 0 Å². The number of pyridine rings is 1. The molecule has 0 saturated heterocycles. The van der Waals surface area contributed by atoms with Crippen LogP contribution < -0.4 is 0 Å². The Morgan fingerprint density at radius 3 is 2.80 bits per heavy atom. The van der Waals surface area contributed by atoms with Crippen molar-refractivity contribution in [3.8, 4) is 0 Å². The normalized spacial score (nSPS) is 10.9. The Kier molecular flexibility index (Phi) is 2.98. The molecule has 0 bridgehead atoms. The van der Waals surface area contributed by atoms with E-state index in [1.54, 1.807) is 0 Å². The Bertz CT molecular complexity index is 523. The predicted octanol–water partition coefficient (Wildman–Crippen LogP) is 4.52. The standard InChI is InChI=1S/C12H11BrClN/c1-3-8-6-9-7(2)4-5-10(13)11(9)15-12(8)14/h4-6H,3H2,1-2H3. The van der Waals surface area contributed by atoms with Crippen LogP contribution in [0.5, 0.6) is 0 Å². The van der Waals surface area contributed by atoms with Crippen LogP contribution in [0.3, 0.4) is 0 Å². The SMILES string of the molecule is CCc1cc2c(C)ccc(Br)c2nc1Cl. The third-order valence-corrected chi connectivity index (χ3v) is 3.53. The van der Waals surface area contributed by atoms with Crippen molar-refractivity contribution in [3.63, 3.8) is 0 Å². The number of hydrogen-bond acceptors (Lipinski definition) is 1. The van der Waals surface area contributed by atoms with Crippen molar-refractivity contribution in [1.29, 1.82) is 0 Å². The molecule has 0 aliphatic heterocycles. The van der Waals surface area contributed by atoms with Crippen molar-refractivity contribution in [2.24, 2.45) is 0 Å². The fourth-order valence-electron chi connectivity index (χ4n) is 1.63. The molecule has 1 heterocycles. The molecule has 15 heavy (non-hydrogen) atoms. The fourth-order valence-corrected chi connectivity index (χ4v) is 2.34. The van der Waals surface area contributed by atoms with E-state index in [4.69, 9.17) is 11.6 Å². The molecule has 1 nitrogen and oxygen atoms in total. The van der Waals surface area contributed by atoms with Gasteiger partial charge in [-0.1, -0.05) is 24.6 Å². The summed E-state index contributed by atoms with van der Waals surface area (Å²) in [6.07, 6.45) is 0.910. The van der Waals surface area contributed by atoms with E-state index in [0.717, 1.165) is 22.0 Å². The van der Waals surface area contributed by atoms with Crippen molar-refractivity contribution >= 4 is 38.4 Å². The molecule has 78 valence electrons. The molecule has 0 radical (unpaired) electrons. The van der Waals surface area contributed by atoms with Gasteiger partial charge in [-0.15, -0.1) is 0 Å². The monoisotopic (exact) mass is 283 g/mol. The zero-order valence-corrected chi connectivity index (χ0v) is 11.0. The summed E-state index contributed by atoms with van der Waals surface area (Å²) < 4.78 is 0.993. The second-order valence-electron chi connectivity index (χ2n) is 3.55. The molecule has 2 rings (SSSR count). The Balaban J connectivity index is 2.86. The van der Waals surface area contributed by atoms with E-state index in [0.29, 0.717) is 5.15 Å². The Morgan fingerprint density at radius 1 is 1.40 bits per heavy atom. The van der Waals surface area contributed by atoms with Crippen molar-refractivity contribution in [3.05, 3.63) is 39.0 Å². The van der Waals surface area contributed by atoms with Gasteiger partial charge in [-0.25, -0.2) is 4.98 Å². The van der Waals surface area contributed by atoms with Crippen LogP contribution in [0.2, 0.25) is 5.15 Å². The molecule has 0 N–H and O–H groups in total. The topological polar surface area (TPSA) is 12.9 Å². The Morgan fingerprint density at radius 2 is 2.13 bits per heavy atom. The highest BCUT2D eigenvalue weighted by atomic mass is 79.9. The van der Waals surface area contributed by atoms with Crippen LogP contribution in [-0.4, -0.2) is 4.98 Å². The second-order valence-corrected chi connectivity index (χ2v) is 4.76. The second kappa shape index (κ2) is 4.11. The molecular weight excluding hydrogens is 273 g/mol. The number of rotatable bonds is 1. The molecule has 0 fully saturated rings. The fraction of sp³-hybridized carbons (Fsp3) is 0.250. The molecule has 0 atom stereocenters. The van der Waals surface area contributed by atoms with E-state index in [1.807, 2.05) is 6.07 Å². The minimum Gasteiger partial charge on any atom is -0.235 e. The van der Waals surface area contributed by atoms with Gasteiger partial charge >= 0.3 is 0 Å². The summed E-state index contributed by atoms with van der Waals surface area (Å²) in [4.78, 5) is 4.43. The molecule has 3 heteroatoms. The third-order valence-electron chi connectivity index (χ3n) is 2.56. The number of fused-ring (bicyclic) bond motifs is 1. The van der Waals surface area contributed by atoms with Gasteiger partial charge in [-0.2, -0.15) is 0 Å². The maximum absolute atomic E-state index is 6.10. The molecule has 2 aromatic rings. The number of aryl methyl sites for hydroxylation is 2. The summed E-state index contributed by atoms with van der Waals surface area (Å²) in [5.41, 5.74) is 3.27. The summed E-state index contributed by atoms with van der Waals surface area (Å²) >= 11 is 9.59. The lowest BCUT2D eigenvalue weighted by Crippen LogP contribution is -1.90. The number of halogens is 2. The van der Waals surface area contributed by atoms with E-state index >= 15 is 0 Å². The maximum Gasteiger partial charge on any atom is 0.133 e. The van der Waals surface area contributed by atoms with Gasteiger partial charge in [-0.05, 0) is 52.5 Å². The van der Waals surface area contributed by atoms with Gasteiger partial charge in [0.25, 0.3) is 0 Å². The first-order valence-electron chi connectivity index (χ1n) is 4.87.